The number of thiazole rings is 1. The molecule has 23 heavy (non-hydrogen) atoms. The molecule has 0 saturated heterocycles. The van der Waals surface area contributed by atoms with Crippen LogP contribution >= 0.6 is 11.3 Å². The van der Waals surface area contributed by atoms with E-state index in [0.717, 1.165) is 38.9 Å². The van der Waals surface area contributed by atoms with Crippen LogP contribution in [-0.4, -0.2) is 29.8 Å². The van der Waals surface area contributed by atoms with E-state index in [2.05, 4.69) is 38.4 Å². The minimum Gasteiger partial charge on any atom is -0.378 e. The van der Waals surface area contributed by atoms with Gasteiger partial charge in [-0.25, -0.2) is 4.98 Å². The predicted octanol–water partition coefficient (Wildman–Crippen LogP) is 3.98. The van der Waals surface area contributed by atoms with Crippen LogP contribution in [0.15, 0.2) is 47.7 Å². The highest BCUT2D eigenvalue weighted by Crippen LogP contribution is 2.25. The maximum absolute atomic E-state index is 4.53. The molecule has 0 spiro atoms. The normalized spacial score (nSPS) is 11.7. The maximum Gasteiger partial charge on any atom is 0.204 e. The molecule has 3 rings (SSSR count). The molecule has 2 aromatic heterocycles. The summed E-state index contributed by atoms with van der Waals surface area (Å²) in [4.78, 5) is 11.0. The number of rotatable bonds is 5. The van der Waals surface area contributed by atoms with Gasteiger partial charge in [0.1, 0.15) is 0 Å². The number of benzene rings is 1. The second-order valence-corrected chi connectivity index (χ2v) is 6.33. The molecule has 3 aromatic rings. The summed E-state index contributed by atoms with van der Waals surface area (Å²) in [5.74, 6) is 0. The molecule has 0 aliphatic heterocycles. The molecule has 1 N–H and O–H groups in total. The number of aromatic nitrogens is 2. The molecule has 5 nitrogen and oxygen atoms in total. The second kappa shape index (κ2) is 6.75. The Bertz CT molecular complexity index is 805. The van der Waals surface area contributed by atoms with Gasteiger partial charge in [0.2, 0.25) is 5.13 Å². The van der Waals surface area contributed by atoms with E-state index in [4.69, 9.17) is 0 Å². The van der Waals surface area contributed by atoms with Gasteiger partial charge >= 0.3 is 0 Å². The van der Waals surface area contributed by atoms with E-state index in [1.165, 1.54) is 0 Å². The highest BCUT2D eigenvalue weighted by atomic mass is 32.1. The van der Waals surface area contributed by atoms with Crippen LogP contribution < -0.4 is 10.3 Å². The van der Waals surface area contributed by atoms with E-state index < -0.39 is 0 Å². The fourth-order valence-electron chi connectivity index (χ4n) is 2.21. The van der Waals surface area contributed by atoms with Crippen LogP contribution in [0.3, 0.4) is 0 Å². The fraction of sp³-hybridized carbons (Fsp3) is 0.235. The van der Waals surface area contributed by atoms with Crippen molar-refractivity contribution in [1.82, 2.24) is 9.97 Å². The summed E-state index contributed by atoms with van der Waals surface area (Å²) >= 11 is 1.60. The van der Waals surface area contributed by atoms with Crippen LogP contribution in [-0.2, 0) is 0 Å². The molecule has 0 radical (unpaired) electrons. The lowest BCUT2D eigenvalue weighted by Crippen LogP contribution is -2.11. The third-order valence-electron chi connectivity index (χ3n) is 3.47. The van der Waals surface area contributed by atoms with E-state index in [1.54, 1.807) is 11.3 Å². The lowest BCUT2D eigenvalue weighted by Gasteiger charge is -2.13. The zero-order valence-electron chi connectivity index (χ0n) is 13.4. The number of para-hydroxylation sites is 1. The highest BCUT2D eigenvalue weighted by Gasteiger charge is 2.07. The SMILES string of the molecule is CC/C(=N\Nc1nc2ccccc2s1)c1cc(N(C)C)ccn1. The summed E-state index contributed by atoms with van der Waals surface area (Å²) in [6.07, 6.45) is 2.61. The monoisotopic (exact) mass is 325 g/mol. The quantitative estimate of drug-likeness (QED) is 0.569. The molecule has 0 saturated carbocycles. The molecule has 0 amide bonds. The van der Waals surface area contributed by atoms with Crippen LogP contribution in [0.25, 0.3) is 10.2 Å². The predicted molar refractivity (Wildman–Crippen MR) is 98.6 cm³/mol. The smallest absolute Gasteiger partial charge is 0.204 e. The van der Waals surface area contributed by atoms with Crippen molar-refractivity contribution >= 4 is 38.1 Å². The number of hydrazone groups is 1. The number of hydrogen-bond donors (Lipinski definition) is 1. The minimum atomic E-state index is 0.793. The molecule has 118 valence electrons. The average Bonchev–Trinajstić information content (AvgIpc) is 2.98. The summed E-state index contributed by atoms with van der Waals surface area (Å²) in [5.41, 5.74) is 6.96. The lowest BCUT2D eigenvalue weighted by molar-refractivity contribution is 1.11. The van der Waals surface area contributed by atoms with Crippen molar-refractivity contribution in [2.45, 2.75) is 13.3 Å². The molecule has 1 aromatic carbocycles. The standard InChI is InChI=1S/C17H19N5S/c1-4-13(15-11-12(22(2)3)9-10-18-15)20-21-17-19-14-7-5-6-8-16(14)23-17/h5-11H,4H2,1-3H3,(H,19,21)/b20-13+. The average molecular weight is 325 g/mol. The van der Waals surface area contributed by atoms with E-state index in [-0.39, 0.29) is 0 Å². The Morgan fingerprint density at radius 2 is 2.09 bits per heavy atom. The molecule has 2 heterocycles. The minimum absolute atomic E-state index is 0.793. The number of pyridine rings is 1. The van der Waals surface area contributed by atoms with Gasteiger partial charge in [-0.2, -0.15) is 5.10 Å². The Balaban J connectivity index is 1.85. The van der Waals surface area contributed by atoms with Gasteiger partial charge < -0.3 is 4.90 Å². The molecular weight excluding hydrogens is 306 g/mol. The molecule has 0 atom stereocenters. The van der Waals surface area contributed by atoms with Crippen molar-refractivity contribution in [2.75, 3.05) is 24.4 Å². The lowest BCUT2D eigenvalue weighted by atomic mass is 10.2. The van der Waals surface area contributed by atoms with E-state index in [1.807, 2.05) is 50.6 Å². The van der Waals surface area contributed by atoms with Gasteiger partial charge in [-0.3, -0.25) is 10.4 Å². The zero-order chi connectivity index (χ0) is 16.2. The molecule has 0 aliphatic carbocycles. The summed E-state index contributed by atoms with van der Waals surface area (Å²) < 4.78 is 1.15. The summed E-state index contributed by atoms with van der Waals surface area (Å²) in [6, 6.07) is 12.1. The first kappa shape index (κ1) is 15.4. The van der Waals surface area contributed by atoms with Gasteiger partial charge in [0.15, 0.2) is 0 Å². The van der Waals surface area contributed by atoms with Crippen LogP contribution in [0.4, 0.5) is 10.8 Å². The Morgan fingerprint density at radius 3 is 2.83 bits per heavy atom. The van der Waals surface area contributed by atoms with Crippen molar-refractivity contribution in [3.63, 3.8) is 0 Å². The fourth-order valence-corrected chi connectivity index (χ4v) is 3.02. The molecule has 0 fully saturated rings. The first-order chi connectivity index (χ1) is 11.2. The molecule has 6 heteroatoms. The first-order valence-corrected chi connectivity index (χ1v) is 8.31. The van der Waals surface area contributed by atoms with Crippen LogP contribution in [0.5, 0.6) is 0 Å². The topological polar surface area (TPSA) is 53.4 Å². The van der Waals surface area contributed by atoms with Crippen LogP contribution in [0.2, 0.25) is 0 Å². The maximum atomic E-state index is 4.53. The van der Waals surface area contributed by atoms with Crippen molar-refractivity contribution in [1.29, 1.82) is 0 Å². The first-order valence-electron chi connectivity index (χ1n) is 7.49. The largest absolute Gasteiger partial charge is 0.378 e. The van der Waals surface area contributed by atoms with Gasteiger partial charge in [0, 0.05) is 26.0 Å². The number of fused-ring (bicyclic) bond motifs is 1. The van der Waals surface area contributed by atoms with Crippen molar-refractivity contribution in [3.05, 3.63) is 48.3 Å². The third-order valence-corrected chi connectivity index (χ3v) is 4.41. The zero-order valence-corrected chi connectivity index (χ0v) is 14.3. The van der Waals surface area contributed by atoms with Crippen molar-refractivity contribution < 1.29 is 0 Å². The van der Waals surface area contributed by atoms with Crippen LogP contribution in [0.1, 0.15) is 19.0 Å². The molecule has 0 aliphatic rings. The van der Waals surface area contributed by atoms with E-state index in [0.29, 0.717) is 0 Å². The molecular formula is C17H19N5S. The van der Waals surface area contributed by atoms with E-state index >= 15 is 0 Å². The van der Waals surface area contributed by atoms with Gasteiger partial charge in [0.25, 0.3) is 0 Å². The Morgan fingerprint density at radius 1 is 1.26 bits per heavy atom. The Hall–Kier alpha value is -2.47. The van der Waals surface area contributed by atoms with E-state index in [9.17, 15) is 0 Å². The summed E-state index contributed by atoms with van der Waals surface area (Å²) in [7, 11) is 4.03. The van der Waals surface area contributed by atoms with Gasteiger partial charge in [-0.15, -0.1) is 0 Å². The summed E-state index contributed by atoms with van der Waals surface area (Å²) in [6.45, 7) is 2.07. The molecule has 0 unspecified atom stereocenters. The van der Waals surface area contributed by atoms with Gasteiger partial charge in [0.05, 0.1) is 21.6 Å². The summed E-state index contributed by atoms with van der Waals surface area (Å²) in [5, 5.41) is 5.30. The number of nitrogens with one attached hydrogen (secondary N) is 1. The number of nitrogens with zero attached hydrogens (tertiary/aromatic N) is 4. The van der Waals surface area contributed by atoms with Crippen molar-refractivity contribution in [3.8, 4) is 0 Å². The van der Waals surface area contributed by atoms with Gasteiger partial charge in [-0.05, 0) is 30.7 Å². The Kier molecular flexibility index (Phi) is 4.52. The second-order valence-electron chi connectivity index (χ2n) is 5.30. The number of hydrogen-bond acceptors (Lipinski definition) is 6. The third kappa shape index (κ3) is 3.48. The Labute approximate surface area is 139 Å². The van der Waals surface area contributed by atoms with Gasteiger partial charge in [-0.1, -0.05) is 30.4 Å². The van der Waals surface area contributed by atoms with Crippen LogP contribution in [0, 0.1) is 0 Å². The van der Waals surface area contributed by atoms with Crippen molar-refractivity contribution in [2.24, 2.45) is 5.10 Å². The molecule has 0 bridgehead atoms. The highest BCUT2D eigenvalue weighted by molar-refractivity contribution is 7.22. The number of anilines is 2.